The van der Waals surface area contributed by atoms with Crippen molar-refractivity contribution in [2.24, 2.45) is 0 Å². The summed E-state index contributed by atoms with van der Waals surface area (Å²) < 4.78 is 11.4. The van der Waals surface area contributed by atoms with Gasteiger partial charge in [-0.2, -0.15) is 0 Å². The lowest BCUT2D eigenvalue weighted by molar-refractivity contribution is -0.137. The molecule has 0 saturated carbocycles. The first-order chi connectivity index (χ1) is 12.9. The van der Waals surface area contributed by atoms with Crippen LogP contribution < -0.4 is 4.74 Å². The van der Waals surface area contributed by atoms with Crippen molar-refractivity contribution >= 4 is 5.91 Å². The lowest BCUT2D eigenvalue weighted by atomic mass is 10.1. The van der Waals surface area contributed by atoms with Crippen LogP contribution in [0.4, 0.5) is 0 Å². The summed E-state index contributed by atoms with van der Waals surface area (Å²) >= 11 is 0. The SMILES string of the molecule is Cc1ccc(O[C@@H](C)C(=O)N(C)Cc2nnc(-c3ccc(C)cc3)o2)cc1. The van der Waals surface area contributed by atoms with E-state index in [2.05, 4.69) is 10.2 Å². The van der Waals surface area contributed by atoms with Crippen molar-refractivity contribution in [3.05, 3.63) is 65.5 Å². The van der Waals surface area contributed by atoms with E-state index in [1.807, 2.05) is 62.4 Å². The van der Waals surface area contributed by atoms with E-state index in [0.29, 0.717) is 17.5 Å². The summed E-state index contributed by atoms with van der Waals surface area (Å²) in [7, 11) is 1.69. The number of hydrogen-bond acceptors (Lipinski definition) is 5. The van der Waals surface area contributed by atoms with Gasteiger partial charge in [0, 0.05) is 12.6 Å². The number of likely N-dealkylation sites (N-methyl/N-ethyl adjacent to an activating group) is 1. The van der Waals surface area contributed by atoms with Crippen molar-refractivity contribution in [3.8, 4) is 17.2 Å². The molecular weight excluding hydrogens is 342 g/mol. The second-order valence-corrected chi connectivity index (χ2v) is 6.63. The number of rotatable bonds is 6. The largest absolute Gasteiger partial charge is 0.481 e. The molecule has 0 aliphatic carbocycles. The van der Waals surface area contributed by atoms with Crippen LogP contribution in [0.1, 0.15) is 23.9 Å². The first-order valence-electron chi connectivity index (χ1n) is 8.80. The van der Waals surface area contributed by atoms with E-state index in [1.54, 1.807) is 14.0 Å². The van der Waals surface area contributed by atoms with Gasteiger partial charge in [-0.1, -0.05) is 35.4 Å². The number of hydrogen-bond donors (Lipinski definition) is 0. The molecule has 0 N–H and O–H groups in total. The minimum absolute atomic E-state index is 0.161. The second kappa shape index (κ2) is 8.03. The third-order valence-electron chi connectivity index (χ3n) is 4.20. The Morgan fingerprint density at radius 1 is 1.04 bits per heavy atom. The third-order valence-corrected chi connectivity index (χ3v) is 4.20. The molecule has 0 radical (unpaired) electrons. The Morgan fingerprint density at radius 2 is 1.63 bits per heavy atom. The smallest absolute Gasteiger partial charge is 0.263 e. The summed E-state index contributed by atoms with van der Waals surface area (Å²) in [4.78, 5) is 14.1. The van der Waals surface area contributed by atoms with Crippen LogP contribution in [0.3, 0.4) is 0 Å². The molecule has 140 valence electrons. The second-order valence-electron chi connectivity index (χ2n) is 6.63. The number of nitrogens with zero attached hydrogens (tertiary/aromatic N) is 3. The standard InChI is InChI=1S/C21H23N3O3/c1-14-5-9-17(10-6-14)20-23-22-19(27-20)13-24(4)21(25)16(3)26-18-11-7-15(2)8-12-18/h5-12,16H,13H2,1-4H3/t16-/m0/s1. The molecule has 3 rings (SSSR count). The van der Waals surface area contributed by atoms with Gasteiger partial charge in [0.2, 0.25) is 11.8 Å². The Kier molecular flexibility index (Phi) is 5.54. The van der Waals surface area contributed by atoms with E-state index in [1.165, 1.54) is 4.90 Å². The first kappa shape index (κ1) is 18.6. The number of amides is 1. The fourth-order valence-corrected chi connectivity index (χ4v) is 2.59. The van der Waals surface area contributed by atoms with Crippen LogP contribution in [0.5, 0.6) is 5.75 Å². The Labute approximate surface area is 158 Å². The molecule has 2 aromatic carbocycles. The van der Waals surface area contributed by atoms with E-state index in [-0.39, 0.29) is 12.5 Å². The molecule has 0 aliphatic heterocycles. The summed E-state index contributed by atoms with van der Waals surface area (Å²) in [5.74, 6) is 1.32. The molecule has 0 bridgehead atoms. The summed E-state index contributed by atoms with van der Waals surface area (Å²) in [6.45, 7) is 5.97. The van der Waals surface area contributed by atoms with Gasteiger partial charge in [0.05, 0.1) is 6.54 Å². The molecule has 3 aromatic rings. The zero-order valence-electron chi connectivity index (χ0n) is 16.0. The van der Waals surface area contributed by atoms with Crippen LogP contribution in [-0.4, -0.2) is 34.2 Å². The summed E-state index contributed by atoms with van der Waals surface area (Å²) in [5.41, 5.74) is 3.15. The highest BCUT2D eigenvalue weighted by Gasteiger charge is 2.21. The zero-order chi connectivity index (χ0) is 19.4. The molecule has 0 saturated heterocycles. The number of aryl methyl sites for hydroxylation is 2. The summed E-state index contributed by atoms with van der Waals surface area (Å²) in [6.07, 6.45) is -0.614. The molecule has 0 unspecified atom stereocenters. The predicted octanol–water partition coefficient (Wildman–Crippen LogP) is 3.78. The van der Waals surface area contributed by atoms with Gasteiger partial charge in [-0.25, -0.2) is 0 Å². The Morgan fingerprint density at radius 3 is 2.26 bits per heavy atom. The lowest BCUT2D eigenvalue weighted by Gasteiger charge is -2.20. The molecule has 1 heterocycles. The maximum absolute atomic E-state index is 12.5. The minimum Gasteiger partial charge on any atom is -0.481 e. The fourth-order valence-electron chi connectivity index (χ4n) is 2.59. The van der Waals surface area contributed by atoms with Crippen LogP contribution in [0.25, 0.3) is 11.5 Å². The topological polar surface area (TPSA) is 68.5 Å². The molecule has 0 fully saturated rings. The van der Waals surface area contributed by atoms with Crippen molar-refractivity contribution in [2.75, 3.05) is 7.05 Å². The van der Waals surface area contributed by atoms with Crippen molar-refractivity contribution in [3.63, 3.8) is 0 Å². The van der Waals surface area contributed by atoms with Crippen molar-refractivity contribution in [1.82, 2.24) is 15.1 Å². The zero-order valence-corrected chi connectivity index (χ0v) is 16.0. The summed E-state index contributed by atoms with van der Waals surface area (Å²) in [6, 6.07) is 15.4. The van der Waals surface area contributed by atoms with E-state index < -0.39 is 6.10 Å². The van der Waals surface area contributed by atoms with Gasteiger partial charge in [-0.15, -0.1) is 10.2 Å². The Bertz CT molecular complexity index is 901. The van der Waals surface area contributed by atoms with Crippen LogP contribution in [-0.2, 0) is 11.3 Å². The van der Waals surface area contributed by atoms with Crippen molar-refractivity contribution < 1.29 is 13.9 Å². The van der Waals surface area contributed by atoms with Gasteiger partial charge < -0.3 is 14.1 Å². The lowest BCUT2D eigenvalue weighted by Crippen LogP contribution is -2.37. The molecule has 1 aromatic heterocycles. The molecule has 6 nitrogen and oxygen atoms in total. The number of carbonyl (C=O) groups excluding carboxylic acids is 1. The molecule has 1 amide bonds. The molecule has 6 heteroatoms. The average molecular weight is 365 g/mol. The Balaban J connectivity index is 1.60. The van der Waals surface area contributed by atoms with Crippen LogP contribution in [0.15, 0.2) is 52.9 Å². The minimum atomic E-state index is -0.614. The third kappa shape index (κ3) is 4.73. The highest BCUT2D eigenvalue weighted by Crippen LogP contribution is 2.19. The van der Waals surface area contributed by atoms with E-state index in [9.17, 15) is 4.79 Å². The van der Waals surface area contributed by atoms with Crippen molar-refractivity contribution in [1.29, 1.82) is 0 Å². The first-order valence-corrected chi connectivity index (χ1v) is 8.80. The van der Waals surface area contributed by atoms with Gasteiger partial charge in [0.1, 0.15) is 5.75 Å². The van der Waals surface area contributed by atoms with E-state index >= 15 is 0 Å². The maximum Gasteiger partial charge on any atom is 0.263 e. The highest BCUT2D eigenvalue weighted by atomic mass is 16.5. The fraction of sp³-hybridized carbons (Fsp3) is 0.286. The van der Waals surface area contributed by atoms with Gasteiger partial charge in [0.25, 0.3) is 5.91 Å². The van der Waals surface area contributed by atoms with Gasteiger partial charge in [-0.3, -0.25) is 4.79 Å². The van der Waals surface area contributed by atoms with Gasteiger partial charge in [-0.05, 0) is 45.0 Å². The molecule has 27 heavy (non-hydrogen) atoms. The summed E-state index contributed by atoms with van der Waals surface area (Å²) in [5, 5.41) is 8.10. The number of benzene rings is 2. The van der Waals surface area contributed by atoms with Crippen LogP contribution in [0.2, 0.25) is 0 Å². The monoisotopic (exact) mass is 365 g/mol. The Hall–Kier alpha value is -3.15. The van der Waals surface area contributed by atoms with Gasteiger partial charge in [0.15, 0.2) is 6.10 Å². The number of aromatic nitrogens is 2. The number of ether oxygens (including phenoxy) is 1. The molecule has 1 atom stereocenters. The van der Waals surface area contributed by atoms with Crippen LogP contribution in [0, 0.1) is 13.8 Å². The maximum atomic E-state index is 12.5. The average Bonchev–Trinajstić information content (AvgIpc) is 3.12. The van der Waals surface area contributed by atoms with Crippen molar-refractivity contribution in [2.45, 2.75) is 33.4 Å². The predicted molar refractivity (Wildman–Crippen MR) is 102 cm³/mol. The van der Waals surface area contributed by atoms with Crippen LogP contribution >= 0.6 is 0 Å². The molecule has 0 spiro atoms. The normalized spacial score (nSPS) is 11.9. The number of carbonyl (C=O) groups is 1. The van der Waals surface area contributed by atoms with E-state index in [4.69, 9.17) is 9.15 Å². The molecular formula is C21H23N3O3. The highest BCUT2D eigenvalue weighted by molar-refractivity contribution is 5.80. The quantitative estimate of drug-likeness (QED) is 0.665. The van der Waals surface area contributed by atoms with Gasteiger partial charge >= 0.3 is 0 Å². The van der Waals surface area contributed by atoms with E-state index in [0.717, 1.165) is 16.7 Å². The molecule has 0 aliphatic rings.